The van der Waals surface area contributed by atoms with Crippen LogP contribution in [0.5, 0.6) is 0 Å². The molecule has 3 rings (SSSR count). The van der Waals surface area contributed by atoms with E-state index in [-0.39, 0.29) is 10.9 Å². The molecule has 1 aliphatic rings. The van der Waals surface area contributed by atoms with Gasteiger partial charge in [-0.25, -0.2) is 4.98 Å². The number of alkyl halides is 1. The maximum Gasteiger partial charge on any atom is 0.128 e. The minimum Gasteiger partial charge on any atom is -0.321 e. The molecule has 1 fully saturated rings. The third-order valence-corrected chi connectivity index (χ3v) is 4.36. The maximum absolute atomic E-state index is 6.32. The lowest BCUT2D eigenvalue weighted by molar-refractivity contribution is 0.169. The fourth-order valence-electron chi connectivity index (χ4n) is 2.96. The van der Waals surface area contributed by atoms with E-state index in [1.165, 1.54) is 30.3 Å². The Morgan fingerprint density at radius 3 is 2.67 bits per heavy atom. The predicted molar refractivity (Wildman–Crippen MR) is 76.2 cm³/mol. The zero-order valence-corrected chi connectivity index (χ0v) is 12.0. The molecular formula is C15H19ClN2. The third kappa shape index (κ3) is 1.66. The number of rotatable bonds is 2. The highest BCUT2D eigenvalue weighted by molar-refractivity contribution is 6.20. The van der Waals surface area contributed by atoms with Crippen LogP contribution in [0.2, 0.25) is 0 Å². The average molecular weight is 263 g/mol. The van der Waals surface area contributed by atoms with Crippen molar-refractivity contribution in [2.45, 2.75) is 50.9 Å². The lowest BCUT2D eigenvalue weighted by Crippen LogP contribution is -2.38. The van der Waals surface area contributed by atoms with E-state index < -0.39 is 0 Å². The Morgan fingerprint density at radius 1 is 1.39 bits per heavy atom. The van der Waals surface area contributed by atoms with Gasteiger partial charge in [-0.1, -0.05) is 6.07 Å². The molecule has 0 radical (unpaired) electrons. The Labute approximate surface area is 113 Å². The first-order chi connectivity index (χ1) is 8.51. The van der Waals surface area contributed by atoms with Crippen LogP contribution in [-0.4, -0.2) is 9.55 Å². The summed E-state index contributed by atoms with van der Waals surface area (Å²) in [6.07, 6.45) is 3.75. The van der Waals surface area contributed by atoms with Gasteiger partial charge >= 0.3 is 0 Å². The van der Waals surface area contributed by atoms with Crippen molar-refractivity contribution < 1.29 is 0 Å². The van der Waals surface area contributed by atoms with Gasteiger partial charge in [-0.2, -0.15) is 0 Å². The molecule has 1 aromatic heterocycles. The van der Waals surface area contributed by atoms with Crippen LogP contribution in [-0.2, 0) is 5.54 Å². The van der Waals surface area contributed by atoms with Gasteiger partial charge in [0, 0.05) is 5.54 Å². The second-order valence-electron chi connectivity index (χ2n) is 5.76. The largest absolute Gasteiger partial charge is 0.321 e. The molecule has 0 aliphatic heterocycles. The van der Waals surface area contributed by atoms with Gasteiger partial charge in [0.15, 0.2) is 0 Å². The smallest absolute Gasteiger partial charge is 0.128 e. The SMILES string of the molecule is Cc1ccc2c(c1)nc(C(C)Cl)n2C1(C)CCC1. The number of benzene rings is 1. The highest BCUT2D eigenvalue weighted by Gasteiger charge is 2.37. The van der Waals surface area contributed by atoms with Crippen molar-refractivity contribution in [2.75, 3.05) is 0 Å². The summed E-state index contributed by atoms with van der Waals surface area (Å²) in [7, 11) is 0. The summed E-state index contributed by atoms with van der Waals surface area (Å²) in [5.74, 6) is 1.01. The first-order valence-corrected chi connectivity index (χ1v) is 7.08. The molecule has 2 aromatic rings. The van der Waals surface area contributed by atoms with E-state index in [2.05, 4.69) is 36.6 Å². The van der Waals surface area contributed by atoms with E-state index in [1.807, 2.05) is 6.92 Å². The zero-order valence-electron chi connectivity index (χ0n) is 11.2. The van der Waals surface area contributed by atoms with E-state index in [1.54, 1.807) is 0 Å². The molecule has 1 saturated carbocycles. The quantitative estimate of drug-likeness (QED) is 0.727. The molecule has 0 spiro atoms. The third-order valence-electron chi connectivity index (χ3n) is 4.16. The Bertz CT molecular complexity index is 594. The van der Waals surface area contributed by atoms with Crippen LogP contribution in [0.3, 0.4) is 0 Å². The first-order valence-electron chi connectivity index (χ1n) is 6.65. The molecule has 96 valence electrons. The molecule has 1 unspecified atom stereocenters. The van der Waals surface area contributed by atoms with Gasteiger partial charge in [0.2, 0.25) is 0 Å². The molecule has 3 heteroatoms. The standard InChI is InChI=1S/C15H19ClN2/c1-10-5-6-13-12(9-10)17-14(11(2)16)18(13)15(3)7-4-8-15/h5-6,9,11H,4,7-8H2,1-3H3. The Morgan fingerprint density at radius 2 is 2.11 bits per heavy atom. The van der Waals surface area contributed by atoms with Crippen LogP contribution in [0.15, 0.2) is 18.2 Å². The highest BCUT2D eigenvalue weighted by Crippen LogP contribution is 2.43. The normalized spacial score (nSPS) is 19.8. The summed E-state index contributed by atoms with van der Waals surface area (Å²) in [4.78, 5) is 4.75. The molecule has 2 nitrogen and oxygen atoms in total. The van der Waals surface area contributed by atoms with E-state index in [0.29, 0.717) is 0 Å². The lowest BCUT2D eigenvalue weighted by Gasteiger charge is -2.41. The lowest BCUT2D eigenvalue weighted by atomic mass is 9.78. The second-order valence-corrected chi connectivity index (χ2v) is 6.42. The number of aryl methyl sites for hydroxylation is 1. The van der Waals surface area contributed by atoms with Gasteiger partial charge in [-0.3, -0.25) is 0 Å². The fourth-order valence-corrected chi connectivity index (χ4v) is 3.10. The van der Waals surface area contributed by atoms with Gasteiger partial charge in [-0.05, 0) is 57.7 Å². The summed E-state index contributed by atoms with van der Waals surface area (Å²) >= 11 is 6.32. The van der Waals surface area contributed by atoms with Crippen molar-refractivity contribution in [1.29, 1.82) is 0 Å². The molecule has 0 bridgehead atoms. The van der Waals surface area contributed by atoms with E-state index in [9.17, 15) is 0 Å². The minimum atomic E-state index is -0.0462. The van der Waals surface area contributed by atoms with Crippen LogP contribution < -0.4 is 0 Å². The van der Waals surface area contributed by atoms with E-state index in [0.717, 1.165) is 11.3 Å². The van der Waals surface area contributed by atoms with E-state index >= 15 is 0 Å². The van der Waals surface area contributed by atoms with Crippen molar-refractivity contribution in [3.05, 3.63) is 29.6 Å². The van der Waals surface area contributed by atoms with Crippen LogP contribution in [0.1, 0.15) is 49.9 Å². The summed E-state index contributed by atoms with van der Waals surface area (Å²) in [5.41, 5.74) is 3.76. The van der Waals surface area contributed by atoms with Crippen LogP contribution in [0.4, 0.5) is 0 Å². The van der Waals surface area contributed by atoms with Crippen LogP contribution >= 0.6 is 11.6 Å². The number of nitrogens with zero attached hydrogens (tertiary/aromatic N) is 2. The monoisotopic (exact) mass is 262 g/mol. The van der Waals surface area contributed by atoms with Crippen molar-refractivity contribution in [1.82, 2.24) is 9.55 Å². The molecule has 1 aliphatic carbocycles. The van der Waals surface area contributed by atoms with Gasteiger partial charge in [0.1, 0.15) is 5.82 Å². The van der Waals surface area contributed by atoms with Crippen molar-refractivity contribution in [2.24, 2.45) is 0 Å². The molecule has 0 amide bonds. The van der Waals surface area contributed by atoms with Crippen LogP contribution in [0, 0.1) is 6.92 Å². The number of halogens is 1. The second kappa shape index (κ2) is 3.99. The molecule has 1 atom stereocenters. The van der Waals surface area contributed by atoms with Gasteiger partial charge in [0.25, 0.3) is 0 Å². The predicted octanol–water partition coefficient (Wildman–Crippen LogP) is 4.54. The van der Waals surface area contributed by atoms with Crippen molar-refractivity contribution in [3.8, 4) is 0 Å². The fraction of sp³-hybridized carbons (Fsp3) is 0.533. The summed E-state index contributed by atoms with van der Waals surface area (Å²) in [5, 5.41) is -0.0462. The zero-order chi connectivity index (χ0) is 12.9. The maximum atomic E-state index is 6.32. The Kier molecular flexibility index (Phi) is 2.67. The summed E-state index contributed by atoms with van der Waals surface area (Å²) in [6, 6.07) is 6.49. The summed E-state index contributed by atoms with van der Waals surface area (Å²) < 4.78 is 2.38. The van der Waals surface area contributed by atoms with E-state index in [4.69, 9.17) is 16.6 Å². The number of hydrogen-bond acceptors (Lipinski definition) is 1. The van der Waals surface area contributed by atoms with Gasteiger partial charge in [0.05, 0.1) is 16.4 Å². The van der Waals surface area contributed by atoms with Crippen molar-refractivity contribution in [3.63, 3.8) is 0 Å². The van der Waals surface area contributed by atoms with Crippen LogP contribution in [0.25, 0.3) is 11.0 Å². The molecule has 0 N–H and O–H groups in total. The summed E-state index contributed by atoms with van der Waals surface area (Å²) in [6.45, 7) is 6.43. The number of imidazole rings is 1. The van der Waals surface area contributed by atoms with Gasteiger partial charge in [-0.15, -0.1) is 11.6 Å². The minimum absolute atomic E-state index is 0.0462. The molecule has 1 heterocycles. The molecular weight excluding hydrogens is 244 g/mol. The topological polar surface area (TPSA) is 17.8 Å². The van der Waals surface area contributed by atoms with Gasteiger partial charge < -0.3 is 4.57 Å². The number of fused-ring (bicyclic) bond motifs is 1. The number of hydrogen-bond donors (Lipinski definition) is 0. The first kappa shape index (κ1) is 12.0. The molecule has 1 aromatic carbocycles. The Balaban J connectivity index is 2.28. The average Bonchev–Trinajstić information content (AvgIpc) is 2.64. The number of aromatic nitrogens is 2. The Hall–Kier alpha value is -1.02. The molecule has 18 heavy (non-hydrogen) atoms. The highest BCUT2D eigenvalue weighted by atomic mass is 35.5. The van der Waals surface area contributed by atoms with Crippen molar-refractivity contribution >= 4 is 22.6 Å². The molecule has 0 saturated heterocycles.